The highest BCUT2D eigenvalue weighted by molar-refractivity contribution is 6.00. The lowest BCUT2D eigenvalue weighted by atomic mass is 9.97. The largest absolute Gasteiger partial charge is 0.352 e. The molecular formula is C13H16F2N4O2. The van der Waals surface area contributed by atoms with Crippen molar-refractivity contribution < 1.29 is 18.4 Å². The summed E-state index contributed by atoms with van der Waals surface area (Å²) in [7, 11) is 0. The molecule has 21 heavy (non-hydrogen) atoms. The van der Waals surface area contributed by atoms with E-state index in [0.29, 0.717) is 6.54 Å². The number of benzene rings is 1. The molecule has 2 amide bonds. The molecule has 114 valence electrons. The Kier molecular flexibility index (Phi) is 3.82. The fourth-order valence-electron chi connectivity index (χ4n) is 2.25. The zero-order chi connectivity index (χ0) is 15.8. The molecule has 1 aromatic carbocycles. The number of nitrogens with two attached hydrogens (primary N) is 1. The first-order chi connectivity index (χ1) is 9.78. The fourth-order valence-corrected chi connectivity index (χ4v) is 2.25. The number of halogens is 2. The van der Waals surface area contributed by atoms with Crippen LogP contribution in [0.3, 0.4) is 0 Å². The van der Waals surface area contributed by atoms with E-state index in [1.807, 2.05) is 5.43 Å². The molecule has 6 nitrogen and oxygen atoms in total. The third kappa shape index (κ3) is 2.54. The second kappa shape index (κ2) is 5.28. The molecule has 0 atom stereocenters. The summed E-state index contributed by atoms with van der Waals surface area (Å²) in [5, 5.41) is 2.64. The third-order valence-electron chi connectivity index (χ3n) is 3.53. The number of hydrogen-bond acceptors (Lipinski definition) is 4. The third-order valence-corrected chi connectivity index (χ3v) is 3.53. The van der Waals surface area contributed by atoms with Gasteiger partial charge in [0.1, 0.15) is 11.2 Å². The maximum Gasteiger partial charge on any atom is 0.255 e. The van der Waals surface area contributed by atoms with E-state index in [1.165, 1.54) is 4.90 Å². The molecule has 2 rings (SSSR count). The van der Waals surface area contributed by atoms with E-state index in [4.69, 9.17) is 5.84 Å². The van der Waals surface area contributed by atoms with E-state index in [1.54, 1.807) is 13.8 Å². The van der Waals surface area contributed by atoms with E-state index in [-0.39, 0.29) is 18.0 Å². The van der Waals surface area contributed by atoms with Crippen LogP contribution < -0.4 is 16.6 Å². The summed E-state index contributed by atoms with van der Waals surface area (Å²) in [6.07, 6.45) is 0. The molecular weight excluding hydrogens is 282 g/mol. The Labute approximate surface area is 120 Å². The Bertz CT molecular complexity index is 581. The quantitative estimate of drug-likeness (QED) is 0.551. The molecule has 0 aromatic heterocycles. The van der Waals surface area contributed by atoms with Gasteiger partial charge in [-0.15, -0.1) is 0 Å². The number of nitrogens with zero attached hydrogens (tertiary/aromatic N) is 1. The van der Waals surface area contributed by atoms with E-state index in [0.717, 1.165) is 12.1 Å². The van der Waals surface area contributed by atoms with Crippen molar-refractivity contribution in [2.24, 2.45) is 5.84 Å². The predicted octanol–water partition coefficient (Wildman–Crippen LogP) is 0.601. The van der Waals surface area contributed by atoms with Crippen LogP contribution in [0.2, 0.25) is 0 Å². The van der Waals surface area contributed by atoms with Gasteiger partial charge in [-0.25, -0.2) is 8.78 Å². The van der Waals surface area contributed by atoms with Crippen LogP contribution in [0.25, 0.3) is 0 Å². The fraction of sp³-hybridized carbons (Fsp3) is 0.385. The van der Waals surface area contributed by atoms with Crippen LogP contribution in [0.5, 0.6) is 0 Å². The van der Waals surface area contributed by atoms with Gasteiger partial charge in [-0.1, -0.05) is 0 Å². The first-order valence-electron chi connectivity index (χ1n) is 6.35. The number of carbonyl (C=O) groups excluding carboxylic acids is 2. The number of nitrogens with one attached hydrogen (secondary N) is 2. The highest BCUT2D eigenvalue weighted by Gasteiger charge is 2.40. The number of hydrogen-bond donors (Lipinski definition) is 3. The lowest BCUT2D eigenvalue weighted by Gasteiger charge is -2.41. The molecule has 0 radical (unpaired) electrons. The Morgan fingerprint density at radius 2 is 1.95 bits per heavy atom. The number of nitrogen functional groups attached to an aromatic ring is 1. The molecule has 1 aliphatic heterocycles. The zero-order valence-electron chi connectivity index (χ0n) is 11.7. The minimum Gasteiger partial charge on any atom is -0.352 e. The summed E-state index contributed by atoms with van der Waals surface area (Å²) < 4.78 is 27.4. The van der Waals surface area contributed by atoms with Crippen LogP contribution in [0.4, 0.5) is 14.5 Å². The number of amides is 2. The van der Waals surface area contributed by atoms with Crippen molar-refractivity contribution >= 4 is 17.5 Å². The average molecular weight is 298 g/mol. The first-order valence-corrected chi connectivity index (χ1v) is 6.35. The maximum atomic E-state index is 13.7. The Morgan fingerprint density at radius 3 is 2.48 bits per heavy atom. The van der Waals surface area contributed by atoms with E-state index >= 15 is 0 Å². The van der Waals surface area contributed by atoms with E-state index in [9.17, 15) is 18.4 Å². The first kappa shape index (κ1) is 15.2. The second-order valence-electron chi connectivity index (χ2n) is 5.23. The Hall–Kier alpha value is -2.22. The van der Waals surface area contributed by atoms with Crippen LogP contribution >= 0.6 is 0 Å². The van der Waals surface area contributed by atoms with Crippen molar-refractivity contribution in [2.75, 3.05) is 18.5 Å². The molecule has 1 aromatic rings. The monoisotopic (exact) mass is 298 g/mol. The number of anilines is 1. The second-order valence-corrected chi connectivity index (χ2v) is 5.23. The van der Waals surface area contributed by atoms with Crippen molar-refractivity contribution in [1.29, 1.82) is 0 Å². The maximum absolute atomic E-state index is 13.7. The molecule has 1 saturated heterocycles. The molecule has 8 heteroatoms. The minimum absolute atomic E-state index is 0.174. The number of piperazine rings is 1. The highest BCUT2D eigenvalue weighted by atomic mass is 19.1. The van der Waals surface area contributed by atoms with Crippen LogP contribution in [0.1, 0.15) is 24.2 Å². The average Bonchev–Trinajstić information content (AvgIpc) is 2.40. The van der Waals surface area contributed by atoms with Gasteiger partial charge in [-0.3, -0.25) is 15.4 Å². The van der Waals surface area contributed by atoms with Crippen LogP contribution in [0.15, 0.2) is 12.1 Å². The molecule has 1 aliphatic rings. The number of carbonyl (C=O) groups is 2. The van der Waals surface area contributed by atoms with Crippen LogP contribution in [0, 0.1) is 11.6 Å². The predicted molar refractivity (Wildman–Crippen MR) is 72.3 cm³/mol. The van der Waals surface area contributed by atoms with Gasteiger partial charge in [-0.05, 0) is 26.0 Å². The normalized spacial score (nSPS) is 17.4. The molecule has 0 spiro atoms. The lowest BCUT2D eigenvalue weighted by molar-refractivity contribution is -0.133. The van der Waals surface area contributed by atoms with Crippen molar-refractivity contribution in [1.82, 2.24) is 10.2 Å². The summed E-state index contributed by atoms with van der Waals surface area (Å²) in [6.45, 7) is 3.70. The van der Waals surface area contributed by atoms with E-state index < -0.39 is 28.8 Å². The summed E-state index contributed by atoms with van der Waals surface area (Å²) in [5.41, 5.74) is 0.117. The van der Waals surface area contributed by atoms with Gasteiger partial charge in [0.2, 0.25) is 5.91 Å². The smallest absolute Gasteiger partial charge is 0.255 e. The molecule has 0 aliphatic carbocycles. The van der Waals surface area contributed by atoms with Gasteiger partial charge in [0.05, 0.1) is 0 Å². The zero-order valence-corrected chi connectivity index (χ0v) is 11.7. The SMILES string of the molecule is CC1(C)C(=O)NCCN1C(=O)c1cc(F)c(NN)c(F)c1. The molecule has 1 fully saturated rings. The topological polar surface area (TPSA) is 87.5 Å². The van der Waals surface area contributed by atoms with Gasteiger partial charge in [0.15, 0.2) is 11.6 Å². The number of hydrazine groups is 1. The summed E-state index contributed by atoms with van der Waals surface area (Å²) in [4.78, 5) is 25.5. The van der Waals surface area contributed by atoms with Crippen molar-refractivity contribution in [3.8, 4) is 0 Å². The minimum atomic E-state index is -1.09. The standard InChI is InChI=1S/C13H16F2N4O2/c1-13(2)12(21)17-3-4-19(13)11(20)7-5-8(14)10(18-16)9(15)6-7/h5-6,18H,3-4,16H2,1-2H3,(H,17,21). The highest BCUT2D eigenvalue weighted by Crippen LogP contribution is 2.24. The Morgan fingerprint density at radius 1 is 1.38 bits per heavy atom. The number of rotatable bonds is 2. The summed E-state index contributed by atoms with van der Waals surface area (Å²) >= 11 is 0. The lowest BCUT2D eigenvalue weighted by Crippen LogP contribution is -2.63. The van der Waals surface area contributed by atoms with Gasteiger partial charge < -0.3 is 15.6 Å². The van der Waals surface area contributed by atoms with Crippen LogP contribution in [-0.4, -0.2) is 35.3 Å². The molecule has 0 bridgehead atoms. The van der Waals surface area contributed by atoms with Gasteiger partial charge in [-0.2, -0.15) is 0 Å². The molecule has 4 N–H and O–H groups in total. The summed E-state index contributed by atoms with van der Waals surface area (Å²) in [6, 6.07) is 1.78. The van der Waals surface area contributed by atoms with Crippen molar-refractivity contribution in [3.63, 3.8) is 0 Å². The Balaban J connectivity index is 2.38. The van der Waals surface area contributed by atoms with Crippen LogP contribution in [-0.2, 0) is 4.79 Å². The molecule has 0 unspecified atom stereocenters. The van der Waals surface area contributed by atoms with Gasteiger partial charge in [0.25, 0.3) is 5.91 Å². The molecule has 0 saturated carbocycles. The van der Waals surface area contributed by atoms with Crippen molar-refractivity contribution in [3.05, 3.63) is 29.3 Å². The van der Waals surface area contributed by atoms with E-state index in [2.05, 4.69) is 5.32 Å². The summed E-state index contributed by atoms with van der Waals surface area (Å²) in [5.74, 6) is 2.13. The van der Waals surface area contributed by atoms with Gasteiger partial charge in [0, 0.05) is 18.7 Å². The van der Waals surface area contributed by atoms with Gasteiger partial charge >= 0.3 is 0 Å². The van der Waals surface area contributed by atoms with Crippen molar-refractivity contribution in [2.45, 2.75) is 19.4 Å². The molecule has 1 heterocycles.